The molecule has 1 aromatic carbocycles. The molecule has 1 fully saturated rings. The molecule has 4 nitrogen and oxygen atoms in total. The maximum absolute atomic E-state index is 12.4. The Kier molecular flexibility index (Phi) is 5.04. The summed E-state index contributed by atoms with van der Waals surface area (Å²) in [6.45, 7) is 2.17. The Morgan fingerprint density at radius 2 is 2.00 bits per heavy atom. The van der Waals surface area contributed by atoms with Crippen molar-refractivity contribution in [3.63, 3.8) is 0 Å². The lowest BCUT2D eigenvalue weighted by Gasteiger charge is -2.27. The predicted octanol–water partition coefficient (Wildman–Crippen LogP) is 2.04. The zero-order chi connectivity index (χ0) is 15.5. The number of carbonyl (C=O) groups excluding carboxylic acids is 1. The van der Waals surface area contributed by atoms with Gasteiger partial charge in [0.25, 0.3) is 0 Å². The fourth-order valence-electron chi connectivity index (χ4n) is 2.82. The van der Waals surface area contributed by atoms with Gasteiger partial charge in [0, 0.05) is 18.8 Å². The van der Waals surface area contributed by atoms with Gasteiger partial charge in [-0.25, -0.2) is 8.42 Å². The molecule has 1 amide bonds. The van der Waals surface area contributed by atoms with Crippen LogP contribution in [0.4, 0.5) is 0 Å². The number of hydrogen-bond acceptors (Lipinski definition) is 3. The zero-order valence-corrected chi connectivity index (χ0v) is 13.5. The number of likely N-dealkylation sites (tertiary alicyclic amines) is 1. The molecule has 2 atom stereocenters. The number of benzene rings is 1. The average molecular weight is 309 g/mol. The van der Waals surface area contributed by atoms with E-state index in [1.54, 1.807) is 4.90 Å². The third kappa shape index (κ3) is 4.06. The Labute approximate surface area is 127 Å². The van der Waals surface area contributed by atoms with Crippen LogP contribution in [0.5, 0.6) is 0 Å². The Hall–Kier alpha value is -1.36. The highest BCUT2D eigenvalue weighted by Crippen LogP contribution is 2.23. The first kappa shape index (κ1) is 16.0. The van der Waals surface area contributed by atoms with Crippen LogP contribution in [0.25, 0.3) is 0 Å². The topological polar surface area (TPSA) is 54.5 Å². The first-order valence-corrected chi connectivity index (χ1v) is 9.38. The predicted molar refractivity (Wildman–Crippen MR) is 83.8 cm³/mol. The second-order valence-corrected chi connectivity index (χ2v) is 8.19. The first-order chi connectivity index (χ1) is 9.89. The number of rotatable bonds is 5. The molecule has 1 aliphatic heterocycles. The largest absolute Gasteiger partial charge is 0.339 e. The number of carbonyl (C=O) groups is 1. The van der Waals surface area contributed by atoms with E-state index in [0.717, 1.165) is 31.9 Å². The molecule has 0 spiro atoms. The molecule has 0 radical (unpaired) electrons. The van der Waals surface area contributed by atoms with E-state index in [1.807, 2.05) is 18.2 Å². The highest BCUT2D eigenvalue weighted by molar-refractivity contribution is 7.92. The number of aryl methyl sites for hydroxylation is 1. The van der Waals surface area contributed by atoms with Gasteiger partial charge in [0.2, 0.25) is 5.91 Å². The Morgan fingerprint density at radius 3 is 2.62 bits per heavy atom. The summed E-state index contributed by atoms with van der Waals surface area (Å²) in [6, 6.07) is 10.3. The summed E-state index contributed by atoms with van der Waals surface area (Å²) < 4.78 is 23.1. The molecular formula is C16H23NO3S. The number of sulfone groups is 1. The van der Waals surface area contributed by atoms with Crippen LogP contribution in [-0.4, -0.2) is 43.3 Å². The van der Waals surface area contributed by atoms with Crippen molar-refractivity contribution in [2.75, 3.05) is 12.8 Å². The molecular weight excluding hydrogens is 286 g/mol. The van der Waals surface area contributed by atoms with E-state index in [4.69, 9.17) is 0 Å². The van der Waals surface area contributed by atoms with E-state index in [2.05, 4.69) is 12.1 Å². The molecule has 0 bridgehead atoms. The Bertz CT molecular complexity index is 583. The van der Waals surface area contributed by atoms with E-state index in [0.29, 0.717) is 6.54 Å². The van der Waals surface area contributed by atoms with Gasteiger partial charge in [-0.2, -0.15) is 0 Å². The van der Waals surface area contributed by atoms with Crippen molar-refractivity contribution in [1.82, 2.24) is 4.90 Å². The van der Waals surface area contributed by atoms with Crippen molar-refractivity contribution in [3.05, 3.63) is 35.9 Å². The molecule has 5 heteroatoms. The molecule has 116 valence electrons. The van der Waals surface area contributed by atoms with E-state index in [1.165, 1.54) is 12.5 Å². The highest BCUT2D eigenvalue weighted by atomic mass is 32.2. The van der Waals surface area contributed by atoms with Gasteiger partial charge in [-0.1, -0.05) is 30.3 Å². The summed E-state index contributed by atoms with van der Waals surface area (Å²) >= 11 is 0. The summed E-state index contributed by atoms with van der Waals surface area (Å²) in [5.41, 5.74) is 1.26. The van der Waals surface area contributed by atoms with Crippen molar-refractivity contribution in [2.45, 2.75) is 43.9 Å². The fourth-order valence-corrected chi connectivity index (χ4v) is 3.32. The van der Waals surface area contributed by atoms with Crippen molar-refractivity contribution >= 4 is 15.7 Å². The van der Waals surface area contributed by atoms with Crippen molar-refractivity contribution < 1.29 is 13.2 Å². The standard InChI is InChI=1S/C16H23NO3S/c1-13(21(2,19)20)16(18)17-12-6-9-15(17)11-10-14-7-4-3-5-8-14/h3-5,7-8,13,15H,6,9-12H2,1-2H3. The number of amides is 1. The molecule has 1 saturated heterocycles. The van der Waals surface area contributed by atoms with E-state index in [9.17, 15) is 13.2 Å². The van der Waals surface area contributed by atoms with Crippen molar-refractivity contribution in [2.24, 2.45) is 0 Å². The van der Waals surface area contributed by atoms with Crippen molar-refractivity contribution in [3.8, 4) is 0 Å². The minimum atomic E-state index is -3.32. The Balaban J connectivity index is 1.99. The minimum Gasteiger partial charge on any atom is -0.339 e. The summed E-state index contributed by atoms with van der Waals surface area (Å²) in [5, 5.41) is -0.935. The average Bonchev–Trinajstić information content (AvgIpc) is 2.92. The maximum Gasteiger partial charge on any atom is 0.240 e. The number of nitrogens with zero attached hydrogens (tertiary/aromatic N) is 1. The van der Waals surface area contributed by atoms with Gasteiger partial charge in [0.05, 0.1) is 0 Å². The lowest BCUT2D eigenvalue weighted by Crippen LogP contribution is -2.43. The minimum absolute atomic E-state index is 0.168. The van der Waals surface area contributed by atoms with Gasteiger partial charge in [0.15, 0.2) is 9.84 Å². The molecule has 0 N–H and O–H groups in total. The molecule has 1 aromatic rings. The van der Waals surface area contributed by atoms with Crippen LogP contribution in [0.15, 0.2) is 30.3 Å². The normalized spacial score (nSPS) is 20.5. The van der Waals surface area contributed by atoms with Crippen molar-refractivity contribution in [1.29, 1.82) is 0 Å². The van der Waals surface area contributed by atoms with Crippen LogP contribution in [0.1, 0.15) is 31.7 Å². The molecule has 0 aromatic heterocycles. The molecule has 0 saturated carbocycles. The third-order valence-electron chi connectivity index (χ3n) is 4.26. The van der Waals surface area contributed by atoms with E-state index >= 15 is 0 Å². The van der Waals surface area contributed by atoms with Gasteiger partial charge >= 0.3 is 0 Å². The van der Waals surface area contributed by atoms with E-state index in [-0.39, 0.29) is 11.9 Å². The molecule has 0 aliphatic carbocycles. The summed E-state index contributed by atoms with van der Waals surface area (Å²) in [7, 11) is -3.32. The van der Waals surface area contributed by atoms with Crippen LogP contribution in [0, 0.1) is 0 Å². The van der Waals surface area contributed by atoms with Crippen LogP contribution < -0.4 is 0 Å². The summed E-state index contributed by atoms with van der Waals surface area (Å²) in [6.07, 6.45) is 4.87. The van der Waals surface area contributed by atoms with Crippen LogP contribution in [0.2, 0.25) is 0 Å². The van der Waals surface area contributed by atoms with Gasteiger partial charge in [-0.05, 0) is 38.2 Å². The maximum atomic E-state index is 12.4. The summed E-state index contributed by atoms with van der Waals surface area (Å²) in [5.74, 6) is -0.243. The molecule has 21 heavy (non-hydrogen) atoms. The van der Waals surface area contributed by atoms with Crippen LogP contribution in [-0.2, 0) is 21.1 Å². The highest BCUT2D eigenvalue weighted by Gasteiger charge is 2.34. The third-order valence-corrected chi connectivity index (χ3v) is 5.75. The van der Waals surface area contributed by atoms with Gasteiger partial charge in [0.1, 0.15) is 5.25 Å². The number of hydrogen-bond donors (Lipinski definition) is 0. The quantitative estimate of drug-likeness (QED) is 0.836. The Morgan fingerprint density at radius 1 is 1.33 bits per heavy atom. The van der Waals surface area contributed by atoms with Gasteiger partial charge in [-0.3, -0.25) is 4.79 Å². The second kappa shape index (κ2) is 6.60. The van der Waals surface area contributed by atoms with Gasteiger partial charge < -0.3 is 4.90 Å². The lowest BCUT2D eigenvalue weighted by atomic mass is 10.0. The van der Waals surface area contributed by atoms with Gasteiger partial charge in [-0.15, -0.1) is 0 Å². The SMILES string of the molecule is CC(C(=O)N1CCCC1CCc1ccccc1)S(C)(=O)=O. The molecule has 2 unspecified atom stereocenters. The van der Waals surface area contributed by atoms with Crippen LogP contribution in [0.3, 0.4) is 0 Å². The monoisotopic (exact) mass is 309 g/mol. The lowest BCUT2D eigenvalue weighted by molar-refractivity contribution is -0.131. The fraction of sp³-hybridized carbons (Fsp3) is 0.562. The molecule has 1 heterocycles. The molecule has 1 aliphatic rings. The van der Waals surface area contributed by atoms with E-state index < -0.39 is 15.1 Å². The summed E-state index contributed by atoms with van der Waals surface area (Å²) in [4.78, 5) is 14.1. The molecule has 2 rings (SSSR count). The first-order valence-electron chi connectivity index (χ1n) is 7.43. The van der Waals surface area contributed by atoms with Crippen LogP contribution >= 0.6 is 0 Å². The second-order valence-electron chi connectivity index (χ2n) is 5.82. The zero-order valence-electron chi connectivity index (χ0n) is 12.7. The smallest absolute Gasteiger partial charge is 0.240 e.